The van der Waals surface area contributed by atoms with Gasteiger partial charge in [0, 0.05) is 29.7 Å². The molecule has 3 rings (SSSR count). The van der Waals surface area contributed by atoms with Crippen LogP contribution in [0, 0.1) is 26.6 Å². The maximum absolute atomic E-state index is 16.4. The van der Waals surface area contributed by atoms with E-state index in [1.807, 2.05) is 6.92 Å². The van der Waals surface area contributed by atoms with E-state index in [0.717, 1.165) is 13.0 Å². The van der Waals surface area contributed by atoms with Gasteiger partial charge >= 0.3 is 12.3 Å². The number of nitrogens with one attached hydrogen (secondary N) is 1. The average molecular weight is 638 g/mol. The zero-order chi connectivity index (χ0) is 34.0. The number of anilines is 2. The number of alkyl halides is 3. The molecule has 3 aromatic rings. The number of carbonyl (C=O) groups is 2. The van der Waals surface area contributed by atoms with Crippen LogP contribution in [0.15, 0.2) is 6.07 Å². The second kappa shape index (κ2) is 13.3. The quantitative estimate of drug-likeness (QED) is 0.238. The van der Waals surface area contributed by atoms with Gasteiger partial charge < -0.3 is 26.3 Å². The number of rotatable bonds is 10. The highest BCUT2D eigenvalue weighted by atomic mass is 19.4. The highest BCUT2D eigenvalue weighted by molar-refractivity contribution is 6.01. The summed E-state index contributed by atoms with van der Waals surface area (Å²) in [5.74, 6) is -2.10. The summed E-state index contributed by atoms with van der Waals surface area (Å²) in [4.78, 5) is 39.0. The number of ether oxygens (including phenoxy) is 2. The van der Waals surface area contributed by atoms with Gasteiger partial charge in [0.15, 0.2) is 5.82 Å². The molecule has 11 nitrogen and oxygen atoms in total. The Balaban J connectivity index is 2.16. The molecule has 3 aromatic heterocycles. The molecule has 2 amide bonds. The summed E-state index contributed by atoms with van der Waals surface area (Å²) in [5.41, 5.74) is 8.43. The Hall–Kier alpha value is -4.43. The van der Waals surface area contributed by atoms with E-state index in [2.05, 4.69) is 20.3 Å². The fourth-order valence-corrected chi connectivity index (χ4v) is 5.01. The molecule has 0 saturated carbocycles. The van der Waals surface area contributed by atoms with Gasteiger partial charge in [-0.05, 0) is 59.6 Å². The summed E-state index contributed by atoms with van der Waals surface area (Å²) in [6.45, 7) is 11.2. The Morgan fingerprint density at radius 3 is 2.24 bits per heavy atom. The molecular formula is C30H39F4N7O4. The molecular weight excluding hydrogens is 598 g/mol. The van der Waals surface area contributed by atoms with Gasteiger partial charge in [-0.25, -0.2) is 24.1 Å². The van der Waals surface area contributed by atoms with E-state index < -0.39 is 58.2 Å². The molecule has 3 heterocycles. The molecule has 0 saturated heterocycles. The van der Waals surface area contributed by atoms with Gasteiger partial charge in [0.05, 0.1) is 23.8 Å². The fraction of sp³-hybridized carbons (Fsp3) is 0.500. The monoisotopic (exact) mass is 637 g/mol. The molecule has 0 aliphatic heterocycles. The van der Waals surface area contributed by atoms with Crippen LogP contribution in [-0.2, 0) is 15.7 Å². The fourth-order valence-electron chi connectivity index (χ4n) is 5.01. The number of aromatic nitrogens is 3. The summed E-state index contributed by atoms with van der Waals surface area (Å²) in [5, 5.41) is 3.04. The Labute approximate surface area is 258 Å². The van der Waals surface area contributed by atoms with Crippen LogP contribution in [0.25, 0.3) is 22.0 Å². The molecule has 1 atom stereocenters. The lowest BCUT2D eigenvalue weighted by Gasteiger charge is -2.32. The van der Waals surface area contributed by atoms with Crippen LogP contribution in [0.1, 0.15) is 63.1 Å². The standard InChI is InChI=1S/C30H39F4N7O4/c1-9-10-18(25(36)42)41(28(43)45-29(5,6)7)12-11-37-26-21-20(14(2)15(3)39-26)23(31)24(40-27(21)44-8)17-13-19(35)38-16(4)22(17)30(32,33)34/h13,18H,9-12H2,1-8H3,(H2,35,38)(H2,36,42)(H,37,39). The molecule has 1 unspecified atom stereocenters. The predicted molar refractivity (Wildman–Crippen MR) is 162 cm³/mol. The molecule has 0 aliphatic carbocycles. The molecule has 0 aliphatic rings. The van der Waals surface area contributed by atoms with Crippen molar-refractivity contribution in [2.75, 3.05) is 31.2 Å². The molecule has 0 spiro atoms. The summed E-state index contributed by atoms with van der Waals surface area (Å²) in [6, 6.07) is -0.0300. The first-order chi connectivity index (χ1) is 20.8. The second-order valence-electron chi connectivity index (χ2n) is 11.6. The molecule has 15 heteroatoms. The Kier molecular flexibility index (Phi) is 10.3. The first kappa shape index (κ1) is 35.1. The maximum atomic E-state index is 16.4. The number of fused-ring (bicyclic) bond motifs is 1. The number of aryl methyl sites for hydroxylation is 3. The number of halogens is 4. The van der Waals surface area contributed by atoms with E-state index >= 15 is 4.39 Å². The van der Waals surface area contributed by atoms with E-state index in [1.54, 1.807) is 34.6 Å². The van der Waals surface area contributed by atoms with E-state index in [1.165, 1.54) is 12.0 Å². The lowest BCUT2D eigenvalue weighted by atomic mass is 9.98. The van der Waals surface area contributed by atoms with E-state index in [0.29, 0.717) is 24.1 Å². The summed E-state index contributed by atoms with van der Waals surface area (Å²) >= 11 is 0. The lowest BCUT2D eigenvalue weighted by Crippen LogP contribution is -2.51. The number of primary amides is 1. The van der Waals surface area contributed by atoms with Gasteiger partial charge in [0.25, 0.3) is 0 Å². The number of pyridine rings is 3. The third kappa shape index (κ3) is 7.63. The molecule has 45 heavy (non-hydrogen) atoms. The number of methoxy groups -OCH3 is 1. The molecule has 0 radical (unpaired) electrons. The third-order valence-electron chi connectivity index (χ3n) is 7.03. The smallest absolute Gasteiger partial charge is 0.418 e. The van der Waals surface area contributed by atoms with Crippen molar-refractivity contribution in [2.45, 2.75) is 79.1 Å². The molecule has 0 aromatic carbocycles. The van der Waals surface area contributed by atoms with Gasteiger partial charge in [-0.1, -0.05) is 13.3 Å². The number of amides is 2. The van der Waals surface area contributed by atoms with Crippen molar-refractivity contribution in [3.05, 3.63) is 34.4 Å². The van der Waals surface area contributed by atoms with Crippen molar-refractivity contribution in [3.8, 4) is 17.1 Å². The zero-order valence-electron chi connectivity index (χ0n) is 26.6. The van der Waals surface area contributed by atoms with Crippen LogP contribution in [-0.4, -0.2) is 63.7 Å². The van der Waals surface area contributed by atoms with Crippen LogP contribution in [0.5, 0.6) is 5.88 Å². The van der Waals surface area contributed by atoms with Gasteiger partial charge in [-0.3, -0.25) is 9.69 Å². The van der Waals surface area contributed by atoms with Gasteiger partial charge in [-0.15, -0.1) is 0 Å². The largest absolute Gasteiger partial charge is 0.480 e. The average Bonchev–Trinajstić information content (AvgIpc) is 2.90. The molecule has 0 fully saturated rings. The number of nitrogen functional groups attached to an aromatic ring is 1. The van der Waals surface area contributed by atoms with Crippen LogP contribution in [0.3, 0.4) is 0 Å². The third-order valence-corrected chi connectivity index (χ3v) is 7.03. The van der Waals surface area contributed by atoms with E-state index in [4.69, 9.17) is 20.9 Å². The molecule has 5 N–H and O–H groups in total. The number of carbonyl (C=O) groups excluding carboxylic acids is 2. The minimum absolute atomic E-state index is 0.00215. The highest BCUT2D eigenvalue weighted by Crippen LogP contribution is 2.44. The van der Waals surface area contributed by atoms with Crippen LogP contribution < -0.4 is 21.5 Å². The van der Waals surface area contributed by atoms with Crippen molar-refractivity contribution in [1.29, 1.82) is 0 Å². The lowest BCUT2D eigenvalue weighted by molar-refractivity contribution is -0.137. The van der Waals surface area contributed by atoms with E-state index in [-0.39, 0.29) is 41.4 Å². The SMILES string of the molecule is CCCC(C(N)=O)N(CCNc1nc(C)c(C)c2c(F)c(-c3cc(N)nc(C)c3C(F)(F)F)nc(OC)c12)C(=O)OC(C)(C)C. The predicted octanol–water partition coefficient (Wildman–Crippen LogP) is 5.67. The van der Waals surface area contributed by atoms with Gasteiger partial charge in [0.2, 0.25) is 11.8 Å². The van der Waals surface area contributed by atoms with Gasteiger partial charge in [0.1, 0.15) is 29.0 Å². The summed E-state index contributed by atoms with van der Waals surface area (Å²) in [7, 11) is 1.24. The van der Waals surface area contributed by atoms with Crippen LogP contribution >= 0.6 is 0 Å². The van der Waals surface area contributed by atoms with Crippen molar-refractivity contribution < 1.29 is 36.6 Å². The van der Waals surface area contributed by atoms with Crippen molar-refractivity contribution in [3.63, 3.8) is 0 Å². The van der Waals surface area contributed by atoms with Crippen molar-refractivity contribution >= 4 is 34.4 Å². The van der Waals surface area contributed by atoms with Crippen LogP contribution in [0.2, 0.25) is 0 Å². The van der Waals surface area contributed by atoms with Crippen LogP contribution in [0.4, 0.5) is 34.0 Å². The number of nitrogens with zero attached hydrogens (tertiary/aromatic N) is 4. The minimum Gasteiger partial charge on any atom is -0.480 e. The highest BCUT2D eigenvalue weighted by Gasteiger charge is 2.38. The molecule has 0 bridgehead atoms. The number of hydrogen-bond acceptors (Lipinski definition) is 9. The van der Waals surface area contributed by atoms with Gasteiger partial charge in [-0.2, -0.15) is 13.2 Å². The normalized spacial score (nSPS) is 12.6. The topological polar surface area (TPSA) is 159 Å². The number of hydrogen-bond donors (Lipinski definition) is 3. The Morgan fingerprint density at radius 2 is 1.71 bits per heavy atom. The zero-order valence-corrected chi connectivity index (χ0v) is 26.6. The Bertz CT molecular complexity index is 1610. The first-order valence-corrected chi connectivity index (χ1v) is 14.2. The summed E-state index contributed by atoms with van der Waals surface area (Å²) in [6.07, 6.45) is -4.77. The Morgan fingerprint density at radius 1 is 1.07 bits per heavy atom. The number of nitrogens with two attached hydrogens (primary N) is 2. The molecule has 246 valence electrons. The minimum atomic E-state index is -4.88. The second-order valence-corrected chi connectivity index (χ2v) is 11.6. The summed E-state index contributed by atoms with van der Waals surface area (Å²) < 4.78 is 69.7. The van der Waals surface area contributed by atoms with Crippen molar-refractivity contribution in [2.24, 2.45) is 5.73 Å². The first-order valence-electron chi connectivity index (χ1n) is 14.2. The van der Waals surface area contributed by atoms with E-state index in [9.17, 15) is 22.8 Å². The van der Waals surface area contributed by atoms with Crippen molar-refractivity contribution in [1.82, 2.24) is 19.9 Å². The maximum Gasteiger partial charge on any atom is 0.418 e.